The Balaban J connectivity index is 1.95. The van der Waals surface area contributed by atoms with E-state index in [2.05, 4.69) is 4.74 Å². The number of hydrogen-bond acceptors (Lipinski definition) is 5. The summed E-state index contributed by atoms with van der Waals surface area (Å²) >= 11 is 0. The van der Waals surface area contributed by atoms with Crippen molar-refractivity contribution in [2.75, 3.05) is 7.11 Å². The minimum absolute atomic E-state index is 0.167. The molecule has 0 amide bonds. The van der Waals surface area contributed by atoms with Crippen LogP contribution in [0.15, 0.2) is 30.3 Å². The largest absolute Gasteiger partial charge is 0.469 e. The maximum absolute atomic E-state index is 12.1. The van der Waals surface area contributed by atoms with E-state index in [9.17, 15) is 14.7 Å². The molecule has 20 heavy (non-hydrogen) atoms. The first-order valence-electron chi connectivity index (χ1n) is 6.58. The van der Waals surface area contributed by atoms with Crippen LogP contribution >= 0.6 is 0 Å². The molecule has 0 saturated heterocycles. The van der Waals surface area contributed by atoms with Crippen molar-refractivity contribution in [3.05, 3.63) is 35.9 Å². The lowest BCUT2D eigenvalue weighted by Gasteiger charge is -2.15. The van der Waals surface area contributed by atoms with Gasteiger partial charge in [0.05, 0.1) is 25.0 Å². The van der Waals surface area contributed by atoms with E-state index in [0.29, 0.717) is 0 Å². The second kappa shape index (κ2) is 6.52. The number of aliphatic hydroxyl groups excluding tert-OH is 1. The predicted octanol–water partition coefficient (Wildman–Crippen LogP) is 1.29. The highest BCUT2D eigenvalue weighted by molar-refractivity contribution is 5.82. The Bertz CT molecular complexity index is 470. The van der Waals surface area contributed by atoms with Crippen LogP contribution in [0, 0.1) is 11.8 Å². The first-order chi connectivity index (χ1) is 9.61. The van der Waals surface area contributed by atoms with Gasteiger partial charge in [-0.3, -0.25) is 9.59 Å². The summed E-state index contributed by atoms with van der Waals surface area (Å²) in [5.41, 5.74) is 0.883. The van der Waals surface area contributed by atoms with E-state index in [0.717, 1.165) is 5.56 Å². The van der Waals surface area contributed by atoms with E-state index in [1.807, 2.05) is 30.3 Å². The van der Waals surface area contributed by atoms with Crippen molar-refractivity contribution in [3.8, 4) is 0 Å². The molecule has 1 aliphatic carbocycles. The number of ether oxygens (including phenoxy) is 2. The molecule has 0 bridgehead atoms. The third-order valence-electron chi connectivity index (χ3n) is 3.57. The van der Waals surface area contributed by atoms with Crippen LogP contribution < -0.4 is 0 Å². The third-order valence-corrected chi connectivity index (χ3v) is 3.57. The molecule has 3 atom stereocenters. The molecule has 0 aromatic heterocycles. The van der Waals surface area contributed by atoms with Crippen molar-refractivity contribution in [2.45, 2.75) is 25.6 Å². The Morgan fingerprint density at radius 1 is 1.15 bits per heavy atom. The predicted molar refractivity (Wildman–Crippen MR) is 70.5 cm³/mol. The van der Waals surface area contributed by atoms with Crippen LogP contribution in [-0.2, 0) is 25.7 Å². The monoisotopic (exact) mass is 278 g/mol. The zero-order chi connectivity index (χ0) is 14.5. The SMILES string of the molecule is COC(=O)[C@@H]1C[C@@H](O)CC1C(=O)OCc1ccccc1. The summed E-state index contributed by atoms with van der Waals surface area (Å²) in [7, 11) is 1.28. The molecule has 0 aliphatic heterocycles. The van der Waals surface area contributed by atoms with Gasteiger partial charge in [0.15, 0.2) is 0 Å². The van der Waals surface area contributed by atoms with Crippen molar-refractivity contribution in [1.82, 2.24) is 0 Å². The molecule has 1 N–H and O–H groups in total. The van der Waals surface area contributed by atoms with Gasteiger partial charge < -0.3 is 14.6 Å². The summed E-state index contributed by atoms with van der Waals surface area (Å²) in [4.78, 5) is 23.7. The Hall–Kier alpha value is -1.88. The number of aliphatic hydroxyl groups is 1. The van der Waals surface area contributed by atoms with Crippen molar-refractivity contribution in [3.63, 3.8) is 0 Å². The van der Waals surface area contributed by atoms with Gasteiger partial charge in [0.25, 0.3) is 0 Å². The van der Waals surface area contributed by atoms with Crippen molar-refractivity contribution in [2.24, 2.45) is 11.8 Å². The van der Waals surface area contributed by atoms with Crippen LogP contribution in [0.1, 0.15) is 18.4 Å². The second-order valence-electron chi connectivity index (χ2n) is 4.95. The molecule has 5 nitrogen and oxygen atoms in total. The molecule has 108 valence electrons. The fourth-order valence-corrected chi connectivity index (χ4v) is 2.52. The van der Waals surface area contributed by atoms with Gasteiger partial charge in [-0.25, -0.2) is 0 Å². The first-order valence-corrected chi connectivity index (χ1v) is 6.58. The second-order valence-corrected chi connectivity index (χ2v) is 4.95. The average Bonchev–Trinajstić information content (AvgIpc) is 2.87. The molecule has 2 rings (SSSR count). The highest BCUT2D eigenvalue weighted by Gasteiger charge is 2.43. The zero-order valence-corrected chi connectivity index (χ0v) is 11.3. The van der Waals surface area contributed by atoms with Gasteiger partial charge in [0, 0.05) is 0 Å². The summed E-state index contributed by atoms with van der Waals surface area (Å²) in [6.07, 6.45) is -0.168. The molecule has 0 radical (unpaired) electrons. The smallest absolute Gasteiger partial charge is 0.310 e. The van der Waals surface area contributed by atoms with Crippen molar-refractivity contribution < 1.29 is 24.2 Å². The maximum Gasteiger partial charge on any atom is 0.310 e. The first kappa shape index (κ1) is 14.5. The molecule has 1 aromatic rings. The Morgan fingerprint density at radius 3 is 2.35 bits per heavy atom. The molecule has 1 aromatic carbocycles. The highest BCUT2D eigenvalue weighted by Crippen LogP contribution is 2.34. The molecule has 1 aliphatic rings. The lowest BCUT2D eigenvalue weighted by Crippen LogP contribution is -2.27. The summed E-state index contributed by atoms with van der Waals surface area (Å²) in [6.45, 7) is 0.167. The van der Waals surface area contributed by atoms with Gasteiger partial charge in [0.2, 0.25) is 0 Å². The van der Waals surface area contributed by atoms with Gasteiger partial charge in [-0.05, 0) is 18.4 Å². The van der Waals surface area contributed by atoms with Gasteiger partial charge in [-0.1, -0.05) is 30.3 Å². The van der Waals surface area contributed by atoms with Crippen LogP contribution in [0.4, 0.5) is 0 Å². The number of benzene rings is 1. The standard InChI is InChI=1S/C15H18O5/c1-19-14(17)12-7-11(16)8-13(12)15(18)20-9-10-5-3-2-4-6-10/h2-6,11-13,16H,7-9H2,1H3/t11-,12-,13?/m1/s1. The van der Waals surface area contributed by atoms with E-state index in [1.165, 1.54) is 7.11 Å². The van der Waals surface area contributed by atoms with E-state index >= 15 is 0 Å². The number of esters is 2. The van der Waals surface area contributed by atoms with Crippen molar-refractivity contribution >= 4 is 11.9 Å². The van der Waals surface area contributed by atoms with Gasteiger partial charge in [0.1, 0.15) is 6.61 Å². The van der Waals surface area contributed by atoms with Crippen LogP contribution in [0.25, 0.3) is 0 Å². The lowest BCUT2D eigenvalue weighted by atomic mass is 9.96. The normalized spacial score (nSPS) is 25.2. The molecule has 1 unspecified atom stereocenters. The minimum Gasteiger partial charge on any atom is -0.469 e. The Kier molecular flexibility index (Phi) is 4.74. The Labute approximate surface area is 117 Å². The molecule has 1 fully saturated rings. The Morgan fingerprint density at radius 2 is 1.75 bits per heavy atom. The van der Waals surface area contributed by atoms with Gasteiger partial charge in [-0.2, -0.15) is 0 Å². The van der Waals surface area contributed by atoms with E-state index in [1.54, 1.807) is 0 Å². The molecule has 0 spiro atoms. The molecule has 1 saturated carbocycles. The zero-order valence-electron chi connectivity index (χ0n) is 11.3. The topological polar surface area (TPSA) is 72.8 Å². The fourth-order valence-electron chi connectivity index (χ4n) is 2.52. The number of methoxy groups -OCH3 is 1. The number of carbonyl (C=O) groups is 2. The van der Waals surface area contributed by atoms with Crippen LogP contribution in [-0.4, -0.2) is 30.3 Å². The summed E-state index contributed by atoms with van der Waals surface area (Å²) in [5.74, 6) is -2.16. The molecule has 5 heteroatoms. The van der Waals surface area contributed by atoms with Gasteiger partial charge >= 0.3 is 11.9 Å². The van der Waals surface area contributed by atoms with E-state index in [4.69, 9.17) is 4.74 Å². The fraction of sp³-hybridized carbons (Fsp3) is 0.467. The summed E-state index contributed by atoms with van der Waals surface area (Å²) in [6, 6.07) is 9.31. The number of carbonyl (C=O) groups excluding carboxylic acids is 2. The third kappa shape index (κ3) is 3.36. The lowest BCUT2D eigenvalue weighted by molar-refractivity contribution is -0.158. The average molecular weight is 278 g/mol. The number of rotatable bonds is 4. The van der Waals surface area contributed by atoms with E-state index < -0.39 is 29.9 Å². The van der Waals surface area contributed by atoms with E-state index in [-0.39, 0.29) is 19.4 Å². The maximum atomic E-state index is 12.1. The van der Waals surface area contributed by atoms with Gasteiger partial charge in [-0.15, -0.1) is 0 Å². The molecular weight excluding hydrogens is 260 g/mol. The highest BCUT2D eigenvalue weighted by atomic mass is 16.5. The summed E-state index contributed by atoms with van der Waals surface area (Å²) < 4.78 is 9.90. The summed E-state index contributed by atoms with van der Waals surface area (Å²) in [5, 5.41) is 9.63. The van der Waals surface area contributed by atoms with Crippen LogP contribution in [0.2, 0.25) is 0 Å². The number of hydrogen-bond donors (Lipinski definition) is 1. The molecule has 0 heterocycles. The minimum atomic E-state index is -0.659. The van der Waals surface area contributed by atoms with Crippen LogP contribution in [0.5, 0.6) is 0 Å². The van der Waals surface area contributed by atoms with Crippen LogP contribution in [0.3, 0.4) is 0 Å². The quantitative estimate of drug-likeness (QED) is 0.840. The van der Waals surface area contributed by atoms with Crippen molar-refractivity contribution in [1.29, 1.82) is 0 Å². The molecular formula is C15H18O5.